The molecule has 0 saturated carbocycles. The van der Waals surface area contributed by atoms with Gasteiger partial charge >= 0.3 is 0 Å². The van der Waals surface area contributed by atoms with E-state index in [1.165, 1.54) is 5.69 Å². The van der Waals surface area contributed by atoms with Gasteiger partial charge in [-0.3, -0.25) is 4.79 Å². The lowest BCUT2D eigenvalue weighted by Crippen LogP contribution is -2.58. The summed E-state index contributed by atoms with van der Waals surface area (Å²) in [5.41, 5.74) is 10.1. The van der Waals surface area contributed by atoms with Crippen LogP contribution in [-0.2, 0) is 16.0 Å². The van der Waals surface area contributed by atoms with Crippen molar-refractivity contribution in [2.24, 2.45) is 0 Å². The van der Waals surface area contributed by atoms with E-state index in [0.717, 1.165) is 84.2 Å². The summed E-state index contributed by atoms with van der Waals surface area (Å²) >= 11 is 0. The van der Waals surface area contributed by atoms with E-state index < -0.39 is 0 Å². The maximum atomic E-state index is 11.1. The highest BCUT2D eigenvalue weighted by atomic mass is 16.5. The SMILES string of the molecule is CCCCc1nc2c([nH]1)c(N)nc1ccc(N3CC[N+](C)(CCOCCC(C)=O)CC3)cc12. The molecule has 0 radical (unpaired) electrons. The fourth-order valence-corrected chi connectivity index (χ4v) is 4.49. The summed E-state index contributed by atoms with van der Waals surface area (Å²) < 4.78 is 6.66. The monoisotopic (exact) mass is 453 g/mol. The van der Waals surface area contributed by atoms with Gasteiger partial charge in [0.25, 0.3) is 0 Å². The summed E-state index contributed by atoms with van der Waals surface area (Å²) in [7, 11) is 2.30. The fourth-order valence-electron chi connectivity index (χ4n) is 4.49. The number of aryl methyl sites for hydroxylation is 1. The van der Waals surface area contributed by atoms with Crippen molar-refractivity contribution in [2.75, 3.05) is 63.6 Å². The molecule has 0 unspecified atom stereocenters. The van der Waals surface area contributed by atoms with Crippen molar-refractivity contribution in [1.29, 1.82) is 0 Å². The van der Waals surface area contributed by atoms with Crippen molar-refractivity contribution >= 4 is 39.2 Å². The number of aromatic nitrogens is 3. The van der Waals surface area contributed by atoms with Gasteiger partial charge in [0, 0.05) is 23.9 Å². The number of pyridine rings is 1. The molecule has 1 aliphatic rings. The van der Waals surface area contributed by atoms with Crippen molar-refractivity contribution in [3.8, 4) is 0 Å². The zero-order valence-electron chi connectivity index (χ0n) is 20.2. The van der Waals surface area contributed by atoms with Crippen LogP contribution in [0.15, 0.2) is 18.2 Å². The first kappa shape index (κ1) is 23.4. The number of piperazine rings is 1. The number of carbonyl (C=O) groups excluding carboxylic acids is 1. The average molecular weight is 454 g/mol. The number of ether oxygens (including phenoxy) is 1. The molecule has 33 heavy (non-hydrogen) atoms. The number of likely N-dealkylation sites (N-methyl/N-ethyl adjacent to an activating group) is 1. The fraction of sp³-hybridized carbons (Fsp3) is 0.560. The van der Waals surface area contributed by atoms with Crippen LogP contribution in [0, 0.1) is 0 Å². The second-order valence-electron chi connectivity index (χ2n) is 9.55. The van der Waals surface area contributed by atoms with Gasteiger partial charge < -0.3 is 24.8 Å². The number of rotatable bonds is 10. The zero-order chi connectivity index (χ0) is 23.4. The number of carbonyl (C=O) groups is 1. The number of benzene rings is 1. The van der Waals surface area contributed by atoms with Crippen LogP contribution < -0.4 is 10.6 Å². The number of nitrogen functional groups attached to an aromatic ring is 1. The lowest BCUT2D eigenvalue weighted by molar-refractivity contribution is -0.910. The van der Waals surface area contributed by atoms with E-state index in [-0.39, 0.29) is 5.78 Å². The molecule has 0 aliphatic carbocycles. The Bertz CT molecular complexity index is 1120. The van der Waals surface area contributed by atoms with Crippen LogP contribution in [0.3, 0.4) is 0 Å². The van der Waals surface area contributed by atoms with Crippen molar-refractivity contribution in [3.63, 3.8) is 0 Å². The molecule has 4 rings (SSSR count). The molecule has 1 fully saturated rings. The lowest BCUT2D eigenvalue weighted by Gasteiger charge is -2.42. The third-order valence-corrected chi connectivity index (χ3v) is 6.81. The maximum Gasteiger partial charge on any atom is 0.150 e. The van der Waals surface area contributed by atoms with Crippen LogP contribution in [0.4, 0.5) is 11.5 Å². The van der Waals surface area contributed by atoms with Gasteiger partial charge in [-0.05, 0) is 31.5 Å². The standard InChI is InChI=1S/C25H37N6O2/c1-4-5-6-22-28-23-20-17-19(7-8-21(20)27-25(26)24(23)29-22)30-10-12-31(3,13-11-30)14-16-33-15-9-18(2)32/h7-8,17H,4-6,9-16H2,1-3H3,(H2,26,27)(H,28,29)/q+1. The number of aromatic amines is 1. The topological polar surface area (TPSA) is 97.1 Å². The van der Waals surface area contributed by atoms with Crippen molar-refractivity contribution < 1.29 is 14.0 Å². The van der Waals surface area contributed by atoms with Gasteiger partial charge in [0.2, 0.25) is 0 Å². The van der Waals surface area contributed by atoms with E-state index >= 15 is 0 Å². The number of hydrogen-bond acceptors (Lipinski definition) is 6. The molecule has 8 heteroatoms. The highest BCUT2D eigenvalue weighted by Crippen LogP contribution is 2.30. The van der Waals surface area contributed by atoms with E-state index in [0.29, 0.717) is 25.5 Å². The highest BCUT2D eigenvalue weighted by Gasteiger charge is 2.28. The molecule has 3 heterocycles. The van der Waals surface area contributed by atoms with Crippen LogP contribution in [0.2, 0.25) is 0 Å². The van der Waals surface area contributed by atoms with Gasteiger partial charge in [0.05, 0.1) is 52.0 Å². The minimum absolute atomic E-state index is 0.182. The third-order valence-electron chi connectivity index (χ3n) is 6.81. The first-order valence-corrected chi connectivity index (χ1v) is 12.1. The molecule has 0 atom stereocenters. The molecule has 3 aromatic rings. The van der Waals surface area contributed by atoms with E-state index in [9.17, 15) is 4.79 Å². The lowest BCUT2D eigenvalue weighted by atomic mass is 10.1. The molecule has 8 nitrogen and oxygen atoms in total. The van der Waals surface area contributed by atoms with Gasteiger partial charge in [-0.2, -0.15) is 0 Å². The molecule has 0 amide bonds. The predicted octanol–water partition coefficient (Wildman–Crippen LogP) is 3.30. The Morgan fingerprint density at radius 2 is 2.03 bits per heavy atom. The van der Waals surface area contributed by atoms with Crippen molar-refractivity contribution in [2.45, 2.75) is 39.5 Å². The third kappa shape index (κ3) is 5.45. The maximum absolute atomic E-state index is 11.1. The number of Topliss-reactive ketones (excluding diaryl/α,β-unsaturated/α-hetero) is 1. The summed E-state index contributed by atoms with van der Waals surface area (Å²) in [6.07, 6.45) is 3.66. The number of hydrogen-bond donors (Lipinski definition) is 2. The van der Waals surface area contributed by atoms with Crippen LogP contribution >= 0.6 is 0 Å². The Balaban J connectivity index is 1.45. The second-order valence-corrected chi connectivity index (χ2v) is 9.55. The number of anilines is 2. The molecule has 1 saturated heterocycles. The Kier molecular flexibility index (Phi) is 7.14. The largest absolute Gasteiger partial charge is 0.382 e. The Morgan fingerprint density at radius 1 is 1.24 bits per heavy atom. The number of nitrogens with one attached hydrogen (secondary N) is 1. The van der Waals surface area contributed by atoms with Gasteiger partial charge in [0.15, 0.2) is 0 Å². The van der Waals surface area contributed by atoms with Gasteiger partial charge in [-0.1, -0.05) is 13.3 Å². The molecular weight excluding hydrogens is 416 g/mol. The number of nitrogens with zero attached hydrogens (tertiary/aromatic N) is 4. The van der Waals surface area contributed by atoms with E-state index in [1.54, 1.807) is 6.92 Å². The summed E-state index contributed by atoms with van der Waals surface area (Å²) in [6.45, 7) is 10.1. The summed E-state index contributed by atoms with van der Waals surface area (Å²) in [4.78, 5) is 26.4. The minimum atomic E-state index is 0.182. The van der Waals surface area contributed by atoms with Crippen LogP contribution in [0.25, 0.3) is 21.9 Å². The van der Waals surface area contributed by atoms with Crippen molar-refractivity contribution in [3.05, 3.63) is 24.0 Å². The molecular formula is C25H37N6O2+. The van der Waals surface area contributed by atoms with E-state index in [2.05, 4.69) is 47.0 Å². The van der Waals surface area contributed by atoms with Crippen molar-refractivity contribution in [1.82, 2.24) is 15.0 Å². The first-order chi connectivity index (χ1) is 15.9. The Morgan fingerprint density at radius 3 is 2.76 bits per heavy atom. The molecule has 0 spiro atoms. The quantitative estimate of drug-likeness (QED) is 0.361. The molecule has 1 aliphatic heterocycles. The predicted molar refractivity (Wildman–Crippen MR) is 134 cm³/mol. The smallest absolute Gasteiger partial charge is 0.150 e. The number of quaternary nitrogens is 1. The summed E-state index contributed by atoms with van der Waals surface area (Å²) in [5.74, 6) is 1.67. The number of imidazole rings is 1. The Hall–Kier alpha value is -2.71. The van der Waals surface area contributed by atoms with Crippen LogP contribution in [0.5, 0.6) is 0 Å². The molecule has 178 valence electrons. The zero-order valence-corrected chi connectivity index (χ0v) is 20.2. The normalized spacial score (nSPS) is 16.0. The molecule has 2 aromatic heterocycles. The number of nitrogens with two attached hydrogens (primary N) is 1. The number of H-pyrrole nitrogens is 1. The summed E-state index contributed by atoms with van der Waals surface area (Å²) in [5, 5.41) is 1.05. The molecule has 1 aromatic carbocycles. The number of unbranched alkanes of at least 4 members (excludes halogenated alkanes) is 1. The van der Waals surface area contributed by atoms with Gasteiger partial charge in [0.1, 0.15) is 35.0 Å². The summed E-state index contributed by atoms with van der Waals surface area (Å²) in [6, 6.07) is 6.42. The van der Waals surface area contributed by atoms with E-state index in [1.807, 2.05) is 0 Å². The average Bonchev–Trinajstić information content (AvgIpc) is 3.23. The number of fused-ring (bicyclic) bond motifs is 3. The van der Waals surface area contributed by atoms with Gasteiger partial charge in [-0.15, -0.1) is 0 Å². The molecule has 3 N–H and O–H groups in total. The van der Waals surface area contributed by atoms with E-state index in [4.69, 9.17) is 15.5 Å². The van der Waals surface area contributed by atoms with Crippen LogP contribution in [-0.4, -0.2) is 78.2 Å². The second kappa shape index (κ2) is 10.1. The molecule has 0 bridgehead atoms. The minimum Gasteiger partial charge on any atom is -0.382 e. The highest BCUT2D eigenvalue weighted by molar-refractivity contribution is 6.07. The number of ketones is 1. The van der Waals surface area contributed by atoms with Crippen LogP contribution in [0.1, 0.15) is 38.9 Å². The van der Waals surface area contributed by atoms with Gasteiger partial charge in [-0.25, -0.2) is 9.97 Å². The Labute approximate surface area is 195 Å². The first-order valence-electron chi connectivity index (χ1n) is 12.1.